The molecule has 4 amide bonds. The molecule has 0 saturated carbocycles. The average molecular weight is 320 g/mol. The van der Waals surface area contributed by atoms with E-state index < -0.39 is 17.8 Å². The highest BCUT2D eigenvalue weighted by Crippen LogP contribution is 2.24. The quantitative estimate of drug-likeness (QED) is 0.683. The van der Waals surface area contributed by atoms with Crippen molar-refractivity contribution in [1.82, 2.24) is 5.32 Å². The van der Waals surface area contributed by atoms with Crippen molar-refractivity contribution in [2.75, 3.05) is 4.90 Å². The molecule has 1 aliphatic heterocycles. The van der Waals surface area contributed by atoms with E-state index in [1.807, 2.05) is 38.1 Å². The lowest BCUT2D eigenvalue weighted by molar-refractivity contribution is -0.122. The number of hydrogen-bond acceptors (Lipinski definition) is 3. The number of carbonyl (C=O) groups excluding carboxylic acids is 3. The Morgan fingerprint density at radius 3 is 2.29 bits per heavy atom. The van der Waals surface area contributed by atoms with Gasteiger partial charge in [0.2, 0.25) is 0 Å². The first-order chi connectivity index (χ1) is 11.5. The summed E-state index contributed by atoms with van der Waals surface area (Å²) >= 11 is 0. The molecule has 2 aromatic carbocycles. The van der Waals surface area contributed by atoms with Crippen molar-refractivity contribution in [1.29, 1.82) is 0 Å². The standard InChI is InChI=1S/C19H16N2O3/c1-12-8-9-15(10-13(12)2)21-18(23)16(17(22)20-19(21)24)11-14-6-4-3-5-7-14/h3-11H,1-2H3,(H,20,22,24). The van der Waals surface area contributed by atoms with Gasteiger partial charge in [0.25, 0.3) is 11.8 Å². The topological polar surface area (TPSA) is 66.5 Å². The fourth-order valence-corrected chi connectivity index (χ4v) is 2.47. The SMILES string of the molecule is Cc1ccc(N2C(=O)NC(=O)C(=Cc3ccccc3)C2=O)cc1C. The predicted molar refractivity (Wildman–Crippen MR) is 91.4 cm³/mol. The van der Waals surface area contributed by atoms with E-state index in [4.69, 9.17) is 0 Å². The number of urea groups is 1. The Hall–Kier alpha value is -3.21. The number of anilines is 1. The zero-order valence-electron chi connectivity index (χ0n) is 13.4. The summed E-state index contributed by atoms with van der Waals surface area (Å²) in [6, 6.07) is 13.6. The molecule has 5 nitrogen and oxygen atoms in total. The van der Waals surface area contributed by atoms with E-state index in [0.717, 1.165) is 16.0 Å². The van der Waals surface area contributed by atoms with Crippen molar-refractivity contribution in [2.45, 2.75) is 13.8 Å². The summed E-state index contributed by atoms with van der Waals surface area (Å²) in [5, 5.41) is 2.22. The minimum atomic E-state index is -0.738. The van der Waals surface area contributed by atoms with Gasteiger partial charge in [0.05, 0.1) is 5.69 Å². The Kier molecular flexibility index (Phi) is 4.00. The molecule has 5 heteroatoms. The van der Waals surface area contributed by atoms with Gasteiger partial charge in [-0.25, -0.2) is 9.69 Å². The van der Waals surface area contributed by atoms with Gasteiger partial charge in [-0.3, -0.25) is 14.9 Å². The van der Waals surface area contributed by atoms with Crippen LogP contribution in [0.4, 0.5) is 10.5 Å². The van der Waals surface area contributed by atoms with Gasteiger partial charge < -0.3 is 0 Å². The number of nitrogens with zero attached hydrogens (tertiary/aromatic N) is 1. The maximum absolute atomic E-state index is 12.7. The van der Waals surface area contributed by atoms with Crippen LogP contribution in [0.1, 0.15) is 16.7 Å². The molecule has 0 unspecified atom stereocenters. The van der Waals surface area contributed by atoms with E-state index in [1.54, 1.807) is 24.3 Å². The molecular weight excluding hydrogens is 304 g/mol. The summed E-state index contributed by atoms with van der Waals surface area (Å²) in [5.41, 5.74) is 3.09. The van der Waals surface area contributed by atoms with Crippen LogP contribution >= 0.6 is 0 Å². The molecule has 1 N–H and O–H groups in total. The minimum Gasteiger partial charge on any atom is -0.273 e. The van der Waals surface area contributed by atoms with E-state index in [2.05, 4.69) is 5.32 Å². The Morgan fingerprint density at radius 2 is 1.62 bits per heavy atom. The Bertz CT molecular complexity index is 869. The molecule has 0 radical (unpaired) electrons. The average Bonchev–Trinajstić information content (AvgIpc) is 2.55. The number of benzene rings is 2. The van der Waals surface area contributed by atoms with Gasteiger partial charge in [-0.15, -0.1) is 0 Å². The van der Waals surface area contributed by atoms with E-state index in [0.29, 0.717) is 11.3 Å². The second-order valence-corrected chi connectivity index (χ2v) is 5.64. The highest BCUT2D eigenvalue weighted by atomic mass is 16.2. The summed E-state index contributed by atoms with van der Waals surface area (Å²) in [6.45, 7) is 3.85. The Morgan fingerprint density at radius 1 is 0.917 bits per heavy atom. The summed E-state index contributed by atoms with van der Waals surface area (Å²) in [6.07, 6.45) is 1.48. The van der Waals surface area contributed by atoms with Crippen LogP contribution in [0.5, 0.6) is 0 Å². The van der Waals surface area contributed by atoms with E-state index in [-0.39, 0.29) is 5.57 Å². The number of nitrogens with one attached hydrogen (secondary N) is 1. The van der Waals surface area contributed by atoms with Crippen molar-refractivity contribution in [2.24, 2.45) is 0 Å². The van der Waals surface area contributed by atoms with Crippen LogP contribution in [-0.4, -0.2) is 17.8 Å². The number of aryl methyl sites for hydroxylation is 2. The fraction of sp³-hybridized carbons (Fsp3) is 0.105. The molecule has 24 heavy (non-hydrogen) atoms. The maximum atomic E-state index is 12.7. The summed E-state index contributed by atoms with van der Waals surface area (Å²) in [4.78, 5) is 37.9. The largest absolute Gasteiger partial charge is 0.335 e. The molecule has 0 aromatic heterocycles. The number of rotatable bonds is 2. The third kappa shape index (κ3) is 2.84. The summed E-state index contributed by atoms with van der Waals surface area (Å²) in [5.74, 6) is -1.32. The van der Waals surface area contributed by atoms with E-state index >= 15 is 0 Å². The van der Waals surface area contributed by atoms with Crippen LogP contribution in [0.3, 0.4) is 0 Å². The Balaban J connectivity index is 2.03. The lowest BCUT2D eigenvalue weighted by Gasteiger charge is -2.26. The smallest absolute Gasteiger partial charge is 0.273 e. The third-order valence-electron chi connectivity index (χ3n) is 3.96. The van der Waals surface area contributed by atoms with Gasteiger partial charge in [-0.1, -0.05) is 36.4 Å². The van der Waals surface area contributed by atoms with Crippen molar-refractivity contribution < 1.29 is 14.4 Å². The molecule has 1 aliphatic rings. The molecule has 3 rings (SSSR count). The van der Waals surface area contributed by atoms with Crippen LogP contribution in [0.25, 0.3) is 6.08 Å². The Labute approximate surface area is 139 Å². The van der Waals surface area contributed by atoms with Crippen LogP contribution in [0.2, 0.25) is 0 Å². The molecule has 120 valence electrons. The van der Waals surface area contributed by atoms with Gasteiger partial charge in [-0.2, -0.15) is 0 Å². The summed E-state index contributed by atoms with van der Waals surface area (Å²) in [7, 11) is 0. The second-order valence-electron chi connectivity index (χ2n) is 5.64. The molecule has 1 heterocycles. The molecule has 0 atom stereocenters. The fourth-order valence-electron chi connectivity index (χ4n) is 2.47. The molecule has 0 bridgehead atoms. The van der Waals surface area contributed by atoms with Gasteiger partial charge in [0.15, 0.2) is 0 Å². The number of carbonyl (C=O) groups is 3. The minimum absolute atomic E-state index is 0.0703. The lowest BCUT2D eigenvalue weighted by Crippen LogP contribution is -2.54. The molecule has 0 aliphatic carbocycles. The molecular formula is C19H16N2O3. The highest BCUT2D eigenvalue weighted by Gasteiger charge is 2.36. The van der Waals surface area contributed by atoms with Crippen LogP contribution in [-0.2, 0) is 9.59 Å². The predicted octanol–water partition coefficient (Wildman–Crippen LogP) is 2.97. The zero-order valence-corrected chi connectivity index (χ0v) is 13.4. The number of amides is 4. The third-order valence-corrected chi connectivity index (χ3v) is 3.96. The molecule has 0 spiro atoms. The first kappa shape index (κ1) is 15.7. The number of hydrogen-bond donors (Lipinski definition) is 1. The highest BCUT2D eigenvalue weighted by molar-refractivity contribution is 6.39. The molecule has 2 aromatic rings. The normalized spacial score (nSPS) is 16.5. The zero-order chi connectivity index (χ0) is 17.3. The van der Waals surface area contributed by atoms with Crippen LogP contribution in [0, 0.1) is 13.8 Å². The van der Waals surface area contributed by atoms with E-state index in [9.17, 15) is 14.4 Å². The van der Waals surface area contributed by atoms with Crippen molar-refractivity contribution in [3.63, 3.8) is 0 Å². The molecule has 1 fully saturated rings. The first-order valence-corrected chi connectivity index (χ1v) is 7.51. The van der Waals surface area contributed by atoms with E-state index in [1.165, 1.54) is 6.08 Å². The second kappa shape index (κ2) is 6.12. The maximum Gasteiger partial charge on any atom is 0.335 e. The number of barbiturate groups is 1. The van der Waals surface area contributed by atoms with Crippen molar-refractivity contribution in [3.05, 3.63) is 70.8 Å². The first-order valence-electron chi connectivity index (χ1n) is 7.51. The van der Waals surface area contributed by atoms with Gasteiger partial charge in [0, 0.05) is 0 Å². The van der Waals surface area contributed by atoms with Gasteiger partial charge in [0.1, 0.15) is 5.57 Å². The lowest BCUT2D eigenvalue weighted by atomic mass is 10.1. The van der Waals surface area contributed by atoms with Crippen LogP contribution < -0.4 is 10.2 Å². The van der Waals surface area contributed by atoms with Gasteiger partial charge >= 0.3 is 6.03 Å². The van der Waals surface area contributed by atoms with Crippen molar-refractivity contribution in [3.8, 4) is 0 Å². The van der Waals surface area contributed by atoms with Gasteiger partial charge in [-0.05, 0) is 48.7 Å². The monoisotopic (exact) mass is 320 g/mol. The number of imide groups is 2. The molecule has 1 saturated heterocycles. The van der Waals surface area contributed by atoms with Crippen molar-refractivity contribution >= 4 is 29.6 Å². The van der Waals surface area contributed by atoms with Crippen LogP contribution in [0.15, 0.2) is 54.1 Å². The summed E-state index contributed by atoms with van der Waals surface area (Å²) < 4.78 is 0.